The van der Waals surface area contributed by atoms with Crippen LogP contribution in [0.5, 0.6) is 17.2 Å². The van der Waals surface area contributed by atoms with Crippen LogP contribution >= 0.6 is 0 Å². The zero-order chi connectivity index (χ0) is 14.8. The molecule has 0 unspecified atom stereocenters. The second-order valence-corrected chi connectivity index (χ2v) is 4.83. The molecule has 0 spiro atoms. The minimum Gasteiger partial charge on any atom is -0.488 e. The molecule has 110 valence electrons. The van der Waals surface area contributed by atoms with Crippen molar-refractivity contribution in [2.75, 3.05) is 6.79 Å². The van der Waals surface area contributed by atoms with Gasteiger partial charge in [0.15, 0.2) is 11.5 Å². The lowest BCUT2D eigenvalue weighted by molar-refractivity contribution is 0.173. The summed E-state index contributed by atoms with van der Waals surface area (Å²) in [6, 6.07) is 7.96. The third-order valence-corrected chi connectivity index (χ3v) is 3.41. The molecule has 0 aliphatic carbocycles. The van der Waals surface area contributed by atoms with Crippen molar-refractivity contribution in [2.45, 2.75) is 20.1 Å². The first-order valence-electron chi connectivity index (χ1n) is 6.58. The summed E-state index contributed by atoms with van der Waals surface area (Å²) in [6.07, 6.45) is 0. The molecule has 21 heavy (non-hydrogen) atoms. The number of benzene rings is 2. The highest BCUT2D eigenvalue weighted by molar-refractivity contribution is 5.51. The summed E-state index contributed by atoms with van der Waals surface area (Å²) in [6.45, 7) is 2.13. The molecule has 1 N–H and O–H groups in total. The number of aliphatic hydroxyl groups is 1. The minimum absolute atomic E-state index is 0.158. The summed E-state index contributed by atoms with van der Waals surface area (Å²) in [5.41, 5.74) is 2.33. The van der Waals surface area contributed by atoms with Crippen molar-refractivity contribution in [2.24, 2.45) is 0 Å². The molecular weight excluding hydrogens is 275 g/mol. The van der Waals surface area contributed by atoms with Gasteiger partial charge in [-0.05, 0) is 36.2 Å². The van der Waals surface area contributed by atoms with Crippen LogP contribution in [0.25, 0.3) is 0 Å². The Kier molecular flexibility index (Phi) is 3.66. The van der Waals surface area contributed by atoms with Crippen molar-refractivity contribution in [3.8, 4) is 17.2 Å². The summed E-state index contributed by atoms with van der Waals surface area (Å²) in [7, 11) is 0. The summed E-state index contributed by atoms with van der Waals surface area (Å²) in [5.74, 6) is 1.46. The van der Waals surface area contributed by atoms with E-state index in [0.29, 0.717) is 29.4 Å². The van der Waals surface area contributed by atoms with Crippen LogP contribution < -0.4 is 14.2 Å². The van der Waals surface area contributed by atoms with Crippen molar-refractivity contribution in [1.29, 1.82) is 0 Å². The third kappa shape index (κ3) is 2.78. The Hall–Kier alpha value is -2.27. The number of aryl methyl sites for hydroxylation is 1. The van der Waals surface area contributed by atoms with E-state index in [9.17, 15) is 9.50 Å². The van der Waals surface area contributed by atoms with Gasteiger partial charge in [0.2, 0.25) is 6.79 Å². The van der Waals surface area contributed by atoms with Gasteiger partial charge in [0.05, 0.1) is 6.61 Å². The molecule has 0 amide bonds. The predicted octanol–water partition coefficient (Wildman–Crippen LogP) is 2.93. The van der Waals surface area contributed by atoms with E-state index in [1.165, 1.54) is 12.1 Å². The molecular formula is C16H15FO4. The van der Waals surface area contributed by atoms with Gasteiger partial charge in [0.25, 0.3) is 0 Å². The molecule has 2 aromatic carbocycles. The van der Waals surface area contributed by atoms with Crippen molar-refractivity contribution < 1.29 is 23.7 Å². The van der Waals surface area contributed by atoms with Gasteiger partial charge in [-0.15, -0.1) is 0 Å². The molecule has 0 saturated heterocycles. The Labute approximate surface area is 121 Å². The molecule has 5 heteroatoms. The van der Waals surface area contributed by atoms with Gasteiger partial charge in [-0.2, -0.15) is 0 Å². The summed E-state index contributed by atoms with van der Waals surface area (Å²) >= 11 is 0. The van der Waals surface area contributed by atoms with Crippen LogP contribution in [-0.4, -0.2) is 11.9 Å². The maximum absolute atomic E-state index is 13.1. The van der Waals surface area contributed by atoms with Crippen LogP contribution in [0.1, 0.15) is 16.7 Å². The van der Waals surface area contributed by atoms with E-state index in [0.717, 1.165) is 11.1 Å². The largest absolute Gasteiger partial charge is 0.488 e. The van der Waals surface area contributed by atoms with E-state index in [1.807, 2.05) is 6.92 Å². The molecule has 0 radical (unpaired) electrons. The number of rotatable bonds is 4. The van der Waals surface area contributed by atoms with E-state index >= 15 is 0 Å². The maximum Gasteiger partial charge on any atom is 0.231 e. The standard InChI is InChI=1S/C16H15FO4/c1-10-4-13(17)3-2-11(10)8-19-14-6-16-15(20-9-21-16)5-12(14)7-18/h2-6,18H,7-9H2,1H3. The van der Waals surface area contributed by atoms with Crippen LogP contribution in [0.4, 0.5) is 4.39 Å². The van der Waals surface area contributed by atoms with Gasteiger partial charge in [-0.1, -0.05) is 6.07 Å². The van der Waals surface area contributed by atoms with Crippen LogP contribution in [0.15, 0.2) is 30.3 Å². The Bertz CT molecular complexity index is 670. The number of aliphatic hydroxyl groups excluding tert-OH is 1. The Morgan fingerprint density at radius 3 is 2.62 bits per heavy atom. The molecule has 0 atom stereocenters. The van der Waals surface area contributed by atoms with Gasteiger partial charge in [0, 0.05) is 11.6 Å². The lowest BCUT2D eigenvalue weighted by Gasteiger charge is -2.12. The molecule has 0 fully saturated rings. The zero-order valence-electron chi connectivity index (χ0n) is 11.6. The Balaban J connectivity index is 1.81. The molecule has 0 aromatic heterocycles. The van der Waals surface area contributed by atoms with Crippen LogP contribution in [0, 0.1) is 12.7 Å². The summed E-state index contributed by atoms with van der Waals surface area (Å²) in [4.78, 5) is 0. The van der Waals surface area contributed by atoms with Crippen molar-refractivity contribution >= 4 is 0 Å². The zero-order valence-corrected chi connectivity index (χ0v) is 11.6. The summed E-state index contributed by atoms with van der Waals surface area (Å²) < 4.78 is 29.4. The van der Waals surface area contributed by atoms with E-state index in [-0.39, 0.29) is 19.2 Å². The number of halogens is 1. The topological polar surface area (TPSA) is 47.9 Å². The second kappa shape index (κ2) is 5.61. The van der Waals surface area contributed by atoms with Crippen molar-refractivity contribution in [3.63, 3.8) is 0 Å². The monoisotopic (exact) mass is 290 g/mol. The molecule has 0 bridgehead atoms. The molecule has 0 saturated carbocycles. The van der Waals surface area contributed by atoms with Crippen LogP contribution in [0.2, 0.25) is 0 Å². The lowest BCUT2D eigenvalue weighted by atomic mass is 10.1. The van der Waals surface area contributed by atoms with Gasteiger partial charge in [-0.25, -0.2) is 4.39 Å². The average Bonchev–Trinajstić information content (AvgIpc) is 2.92. The fourth-order valence-corrected chi connectivity index (χ4v) is 2.20. The number of ether oxygens (including phenoxy) is 3. The molecule has 1 aliphatic rings. The van der Waals surface area contributed by atoms with Crippen LogP contribution in [0.3, 0.4) is 0 Å². The first kappa shape index (κ1) is 13.7. The van der Waals surface area contributed by atoms with Crippen LogP contribution in [-0.2, 0) is 13.2 Å². The molecule has 2 aromatic rings. The van der Waals surface area contributed by atoms with E-state index in [4.69, 9.17) is 14.2 Å². The summed E-state index contributed by atoms with van der Waals surface area (Å²) in [5, 5.41) is 9.41. The fraction of sp³-hybridized carbons (Fsp3) is 0.250. The number of fused-ring (bicyclic) bond motifs is 1. The van der Waals surface area contributed by atoms with E-state index < -0.39 is 0 Å². The molecule has 3 rings (SSSR count). The van der Waals surface area contributed by atoms with Crippen molar-refractivity contribution in [3.05, 3.63) is 52.8 Å². The fourth-order valence-electron chi connectivity index (χ4n) is 2.20. The first-order valence-corrected chi connectivity index (χ1v) is 6.58. The number of hydrogen-bond acceptors (Lipinski definition) is 4. The molecule has 1 aliphatic heterocycles. The van der Waals surface area contributed by atoms with Gasteiger partial charge < -0.3 is 19.3 Å². The lowest BCUT2D eigenvalue weighted by Crippen LogP contribution is -2.01. The van der Waals surface area contributed by atoms with E-state index in [1.54, 1.807) is 18.2 Å². The maximum atomic E-state index is 13.1. The van der Waals surface area contributed by atoms with Gasteiger partial charge in [0.1, 0.15) is 18.2 Å². The van der Waals surface area contributed by atoms with Crippen molar-refractivity contribution in [1.82, 2.24) is 0 Å². The SMILES string of the molecule is Cc1cc(F)ccc1COc1cc2c(cc1CO)OCO2. The third-order valence-electron chi connectivity index (χ3n) is 3.41. The smallest absolute Gasteiger partial charge is 0.231 e. The Morgan fingerprint density at radius 1 is 1.14 bits per heavy atom. The Morgan fingerprint density at radius 2 is 1.90 bits per heavy atom. The highest BCUT2D eigenvalue weighted by Crippen LogP contribution is 2.38. The highest BCUT2D eigenvalue weighted by Gasteiger charge is 2.18. The first-order chi connectivity index (χ1) is 10.2. The van der Waals surface area contributed by atoms with Gasteiger partial charge >= 0.3 is 0 Å². The quantitative estimate of drug-likeness (QED) is 0.940. The molecule has 1 heterocycles. The highest BCUT2D eigenvalue weighted by atomic mass is 19.1. The normalized spacial score (nSPS) is 12.5. The van der Waals surface area contributed by atoms with Gasteiger partial charge in [-0.3, -0.25) is 0 Å². The number of hydrogen-bond donors (Lipinski definition) is 1. The van der Waals surface area contributed by atoms with E-state index in [2.05, 4.69) is 0 Å². The predicted molar refractivity (Wildman–Crippen MR) is 74.0 cm³/mol. The minimum atomic E-state index is -0.268. The second-order valence-electron chi connectivity index (χ2n) is 4.83. The average molecular weight is 290 g/mol. The molecule has 4 nitrogen and oxygen atoms in total.